The predicted molar refractivity (Wildman–Crippen MR) is 61.1 cm³/mol. The van der Waals surface area contributed by atoms with Crippen LogP contribution in [0.15, 0.2) is 16.6 Å². The number of nitrogens with zero attached hydrogens (tertiary/aromatic N) is 1. The summed E-state index contributed by atoms with van der Waals surface area (Å²) in [6.07, 6.45) is -0.345. The van der Waals surface area contributed by atoms with Gasteiger partial charge >= 0.3 is 11.7 Å². The monoisotopic (exact) mass is 305 g/mol. The van der Waals surface area contributed by atoms with E-state index < -0.39 is 22.4 Å². The molecule has 0 saturated heterocycles. The van der Waals surface area contributed by atoms with Gasteiger partial charge in [-0.25, -0.2) is 0 Å². The summed E-state index contributed by atoms with van der Waals surface area (Å²) in [6, 6.07) is 2.29. The van der Waals surface area contributed by atoms with E-state index in [0.717, 1.165) is 6.07 Å². The van der Waals surface area contributed by atoms with Crippen molar-refractivity contribution in [3.05, 3.63) is 38.1 Å². The molecular formula is C10H9BrFNO4. The highest BCUT2D eigenvalue weighted by Gasteiger charge is 2.24. The molecule has 1 aromatic rings. The predicted octanol–water partition coefficient (Wildman–Crippen LogP) is 2.60. The maximum atomic E-state index is 13.3. The lowest BCUT2D eigenvalue weighted by Crippen LogP contribution is -2.10. The Labute approximate surface area is 105 Å². The van der Waals surface area contributed by atoms with E-state index in [4.69, 9.17) is 0 Å². The fourth-order valence-electron chi connectivity index (χ4n) is 1.31. The largest absolute Gasteiger partial charge is 0.466 e. The second kappa shape index (κ2) is 5.72. The molecule has 0 N–H and O–H groups in total. The number of esters is 1. The van der Waals surface area contributed by atoms with Gasteiger partial charge in [-0.15, -0.1) is 0 Å². The molecule has 0 aliphatic rings. The number of carbonyl (C=O) groups is 1. The second-order valence-corrected chi connectivity index (χ2v) is 3.95. The zero-order valence-electron chi connectivity index (χ0n) is 8.91. The Bertz CT molecular complexity index is 464. The molecule has 5 nitrogen and oxygen atoms in total. The standard InChI is InChI=1S/C10H9BrFNO4/c1-2-17-9(14)5-6-7(11)3-4-8(12)10(6)13(15)16/h3-4H,2,5H2,1H3. The summed E-state index contributed by atoms with van der Waals surface area (Å²) in [5, 5.41) is 10.7. The first-order valence-electron chi connectivity index (χ1n) is 4.74. The molecule has 0 spiro atoms. The topological polar surface area (TPSA) is 69.4 Å². The number of carbonyl (C=O) groups excluding carboxylic acids is 1. The molecule has 0 fully saturated rings. The summed E-state index contributed by atoms with van der Waals surface area (Å²) < 4.78 is 18.3. The lowest BCUT2D eigenvalue weighted by atomic mass is 10.1. The number of hydrogen-bond acceptors (Lipinski definition) is 4. The average molecular weight is 306 g/mol. The van der Waals surface area contributed by atoms with Gasteiger partial charge in [0.15, 0.2) is 0 Å². The van der Waals surface area contributed by atoms with Gasteiger partial charge in [0, 0.05) is 4.47 Å². The van der Waals surface area contributed by atoms with E-state index in [1.54, 1.807) is 6.92 Å². The molecule has 0 bridgehead atoms. The van der Waals surface area contributed by atoms with Crippen molar-refractivity contribution < 1.29 is 18.8 Å². The molecule has 0 aromatic heterocycles. The number of hydrogen-bond donors (Lipinski definition) is 0. The number of nitro benzene ring substituents is 1. The first kappa shape index (κ1) is 13.6. The average Bonchev–Trinajstić information content (AvgIpc) is 2.23. The first-order valence-corrected chi connectivity index (χ1v) is 5.53. The molecule has 0 saturated carbocycles. The van der Waals surface area contributed by atoms with Crippen LogP contribution in [0.5, 0.6) is 0 Å². The van der Waals surface area contributed by atoms with E-state index in [1.807, 2.05) is 0 Å². The van der Waals surface area contributed by atoms with Crippen LogP contribution in [0, 0.1) is 15.9 Å². The number of rotatable bonds is 4. The Balaban J connectivity index is 3.16. The van der Waals surface area contributed by atoms with Crippen molar-refractivity contribution in [2.45, 2.75) is 13.3 Å². The fourth-order valence-corrected chi connectivity index (χ4v) is 1.77. The lowest BCUT2D eigenvalue weighted by Gasteiger charge is -2.06. The molecule has 1 aromatic carbocycles. The van der Waals surface area contributed by atoms with Crippen LogP contribution in [0.4, 0.5) is 10.1 Å². The zero-order valence-corrected chi connectivity index (χ0v) is 10.5. The van der Waals surface area contributed by atoms with Crippen LogP contribution in [0.25, 0.3) is 0 Å². The third-order valence-corrected chi connectivity index (χ3v) is 2.73. The van der Waals surface area contributed by atoms with Crippen molar-refractivity contribution in [1.29, 1.82) is 0 Å². The summed E-state index contributed by atoms with van der Waals surface area (Å²) in [5.41, 5.74) is -0.721. The van der Waals surface area contributed by atoms with E-state index >= 15 is 0 Å². The van der Waals surface area contributed by atoms with Crippen molar-refractivity contribution in [2.75, 3.05) is 6.61 Å². The van der Waals surface area contributed by atoms with Crippen LogP contribution in [0.2, 0.25) is 0 Å². The fraction of sp³-hybridized carbons (Fsp3) is 0.300. The van der Waals surface area contributed by atoms with Gasteiger partial charge < -0.3 is 4.74 Å². The zero-order chi connectivity index (χ0) is 13.0. The van der Waals surface area contributed by atoms with Crippen LogP contribution in [0.3, 0.4) is 0 Å². The Morgan fingerprint density at radius 1 is 1.59 bits per heavy atom. The van der Waals surface area contributed by atoms with Crippen molar-refractivity contribution in [3.63, 3.8) is 0 Å². The number of nitro groups is 1. The molecule has 0 heterocycles. The van der Waals surface area contributed by atoms with Crippen molar-refractivity contribution in [3.8, 4) is 0 Å². The van der Waals surface area contributed by atoms with E-state index in [1.165, 1.54) is 6.07 Å². The van der Waals surface area contributed by atoms with Gasteiger partial charge in [-0.3, -0.25) is 14.9 Å². The van der Waals surface area contributed by atoms with Gasteiger partial charge in [0.2, 0.25) is 5.82 Å². The van der Waals surface area contributed by atoms with Gasteiger partial charge in [-0.2, -0.15) is 4.39 Å². The quantitative estimate of drug-likeness (QED) is 0.487. The van der Waals surface area contributed by atoms with E-state index in [9.17, 15) is 19.3 Å². The third kappa shape index (κ3) is 3.23. The molecule has 0 atom stereocenters. The maximum Gasteiger partial charge on any atom is 0.310 e. The summed E-state index contributed by atoms with van der Waals surface area (Å²) >= 11 is 3.05. The molecule has 7 heteroatoms. The molecule has 0 aliphatic heterocycles. The van der Waals surface area contributed by atoms with E-state index in [-0.39, 0.29) is 18.6 Å². The molecule has 0 amide bonds. The molecule has 0 radical (unpaired) electrons. The smallest absolute Gasteiger partial charge is 0.310 e. The highest BCUT2D eigenvalue weighted by molar-refractivity contribution is 9.10. The number of ether oxygens (including phenoxy) is 1. The van der Waals surface area contributed by atoms with E-state index in [2.05, 4.69) is 20.7 Å². The van der Waals surface area contributed by atoms with Crippen LogP contribution < -0.4 is 0 Å². The second-order valence-electron chi connectivity index (χ2n) is 3.10. The number of halogens is 2. The minimum Gasteiger partial charge on any atom is -0.466 e. The Hall–Kier alpha value is -1.50. The summed E-state index contributed by atoms with van der Waals surface area (Å²) in [7, 11) is 0. The molecule has 17 heavy (non-hydrogen) atoms. The Morgan fingerprint density at radius 3 is 2.76 bits per heavy atom. The van der Waals surface area contributed by atoms with Gasteiger partial charge in [0.05, 0.1) is 23.5 Å². The van der Waals surface area contributed by atoms with Gasteiger partial charge in [0.1, 0.15) is 0 Å². The van der Waals surface area contributed by atoms with Gasteiger partial charge in [-0.1, -0.05) is 15.9 Å². The molecule has 0 unspecified atom stereocenters. The summed E-state index contributed by atoms with van der Waals surface area (Å²) in [6.45, 7) is 1.78. The molecular weight excluding hydrogens is 297 g/mol. The van der Waals surface area contributed by atoms with Crippen LogP contribution >= 0.6 is 15.9 Å². The van der Waals surface area contributed by atoms with Crippen LogP contribution in [0.1, 0.15) is 12.5 Å². The maximum absolute atomic E-state index is 13.3. The highest BCUT2D eigenvalue weighted by atomic mass is 79.9. The Kier molecular flexibility index (Phi) is 4.56. The normalized spacial score (nSPS) is 10.1. The van der Waals surface area contributed by atoms with E-state index in [0.29, 0.717) is 4.47 Å². The first-order chi connectivity index (χ1) is 7.97. The van der Waals surface area contributed by atoms with Crippen molar-refractivity contribution in [1.82, 2.24) is 0 Å². The Morgan fingerprint density at radius 2 is 2.24 bits per heavy atom. The van der Waals surface area contributed by atoms with Gasteiger partial charge in [0.25, 0.3) is 0 Å². The highest BCUT2D eigenvalue weighted by Crippen LogP contribution is 2.30. The van der Waals surface area contributed by atoms with Gasteiger partial charge in [-0.05, 0) is 19.1 Å². The molecule has 0 aliphatic carbocycles. The van der Waals surface area contributed by atoms with Crippen LogP contribution in [-0.2, 0) is 16.0 Å². The van der Waals surface area contributed by atoms with Crippen LogP contribution in [-0.4, -0.2) is 17.5 Å². The van der Waals surface area contributed by atoms with Crippen molar-refractivity contribution >= 4 is 27.6 Å². The van der Waals surface area contributed by atoms with Crippen molar-refractivity contribution in [2.24, 2.45) is 0 Å². The molecule has 92 valence electrons. The minimum atomic E-state index is -0.975. The summed E-state index contributed by atoms with van der Waals surface area (Å²) in [4.78, 5) is 21.1. The minimum absolute atomic E-state index is 0.0200. The molecule has 1 rings (SSSR count). The number of benzene rings is 1. The third-order valence-electron chi connectivity index (χ3n) is 1.99. The lowest BCUT2D eigenvalue weighted by molar-refractivity contribution is -0.388. The SMILES string of the molecule is CCOC(=O)Cc1c(Br)ccc(F)c1[N+](=O)[O-]. The summed E-state index contributed by atoms with van der Waals surface area (Å²) in [5.74, 6) is -1.61.